The number of amides is 1. The Labute approximate surface area is 284 Å². The van der Waals surface area contributed by atoms with E-state index in [9.17, 15) is 4.79 Å². The van der Waals surface area contributed by atoms with Crippen LogP contribution in [0.5, 0.6) is 40.2 Å². The molecule has 1 atom stereocenters. The Hall–Kier alpha value is -5.46. The molecule has 258 valence electrons. The van der Waals surface area contributed by atoms with E-state index in [2.05, 4.69) is 15.2 Å². The number of rotatable bonds is 15. The van der Waals surface area contributed by atoms with Crippen molar-refractivity contribution in [3.8, 4) is 63.2 Å². The molecule has 1 saturated heterocycles. The molecule has 2 aliphatic rings. The number of ether oxygens (including phenoxy) is 7. The van der Waals surface area contributed by atoms with E-state index in [-0.39, 0.29) is 11.9 Å². The molecule has 13 nitrogen and oxygen atoms in total. The maximum Gasteiger partial charge on any atom is 0.256 e. The second-order valence-corrected chi connectivity index (χ2v) is 11.5. The molecule has 3 heterocycles. The minimum Gasteiger partial charge on any atom is -0.493 e. The van der Waals surface area contributed by atoms with Gasteiger partial charge in [-0.1, -0.05) is 0 Å². The first-order valence-electron chi connectivity index (χ1n) is 16.1. The van der Waals surface area contributed by atoms with Gasteiger partial charge in [-0.25, -0.2) is 0 Å². The number of methoxy groups -OCH3 is 5. The van der Waals surface area contributed by atoms with Gasteiger partial charge >= 0.3 is 0 Å². The maximum absolute atomic E-state index is 13.1. The molecule has 0 aliphatic carbocycles. The molecular formula is C36H40N4O9. The van der Waals surface area contributed by atoms with Crippen molar-refractivity contribution in [3.05, 3.63) is 48.0 Å². The fourth-order valence-electron chi connectivity index (χ4n) is 5.95. The van der Waals surface area contributed by atoms with E-state index in [0.29, 0.717) is 87.6 Å². The van der Waals surface area contributed by atoms with Gasteiger partial charge in [-0.3, -0.25) is 9.79 Å². The standard InChI is InChI=1S/C36H40N4O9/c1-42-27-12-11-22(34-38-39-35(49-34)23-17-31(44-3)33(46-5)32(18-23)45-4)16-29(27)47-14-7-6-8-15-48-30-20-26-25(19-28(30)43-2)36(41)40-13-9-10-24(40)21-37-26/h11-12,16-21,24H,6-10,13-15H2,1-5H3/t24-/m0/s1. The summed E-state index contributed by atoms with van der Waals surface area (Å²) in [7, 11) is 7.80. The number of hydrogen-bond acceptors (Lipinski definition) is 12. The Morgan fingerprint density at radius 1 is 0.714 bits per heavy atom. The predicted octanol–water partition coefficient (Wildman–Crippen LogP) is 6.40. The summed E-state index contributed by atoms with van der Waals surface area (Å²) in [6, 6.07) is 12.5. The first kappa shape index (κ1) is 33.4. The first-order valence-corrected chi connectivity index (χ1v) is 16.1. The molecule has 2 aliphatic heterocycles. The average Bonchev–Trinajstić information content (AvgIpc) is 3.81. The third kappa shape index (κ3) is 7.06. The second-order valence-electron chi connectivity index (χ2n) is 11.5. The zero-order chi connectivity index (χ0) is 34.3. The highest BCUT2D eigenvalue weighted by Gasteiger charge is 2.32. The monoisotopic (exact) mass is 672 g/mol. The van der Waals surface area contributed by atoms with Crippen molar-refractivity contribution in [2.45, 2.75) is 38.1 Å². The van der Waals surface area contributed by atoms with Gasteiger partial charge in [0.15, 0.2) is 34.5 Å². The van der Waals surface area contributed by atoms with Gasteiger partial charge < -0.3 is 42.5 Å². The topological polar surface area (TPSA) is 136 Å². The van der Waals surface area contributed by atoms with Crippen LogP contribution in [0.2, 0.25) is 0 Å². The lowest BCUT2D eigenvalue weighted by molar-refractivity contribution is 0.0774. The number of aliphatic imine (C=N–C) groups is 1. The third-order valence-corrected chi connectivity index (χ3v) is 8.51. The quantitative estimate of drug-likeness (QED) is 0.130. The van der Waals surface area contributed by atoms with E-state index in [0.717, 1.165) is 38.6 Å². The van der Waals surface area contributed by atoms with Crippen molar-refractivity contribution in [2.24, 2.45) is 4.99 Å². The summed E-state index contributed by atoms with van der Waals surface area (Å²) < 4.78 is 45.6. The Morgan fingerprint density at radius 3 is 2.00 bits per heavy atom. The molecule has 1 fully saturated rings. The van der Waals surface area contributed by atoms with Crippen LogP contribution in [0, 0.1) is 0 Å². The summed E-state index contributed by atoms with van der Waals surface area (Å²) in [6.07, 6.45) is 6.24. The summed E-state index contributed by atoms with van der Waals surface area (Å²) in [5, 5.41) is 8.49. The molecule has 13 heteroatoms. The van der Waals surface area contributed by atoms with Gasteiger partial charge in [0.25, 0.3) is 5.91 Å². The largest absolute Gasteiger partial charge is 0.493 e. The van der Waals surface area contributed by atoms with Gasteiger partial charge in [0, 0.05) is 30.0 Å². The van der Waals surface area contributed by atoms with Gasteiger partial charge in [0.05, 0.1) is 66.1 Å². The average molecular weight is 673 g/mol. The zero-order valence-corrected chi connectivity index (χ0v) is 28.3. The van der Waals surface area contributed by atoms with Crippen LogP contribution in [0.15, 0.2) is 51.9 Å². The normalized spacial score (nSPS) is 14.9. The van der Waals surface area contributed by atoms with E-state index in [1.165, 1.54) is 0 Å². The van der Waals surface area contributed by atoms with Crippen LogP contribution >= 0.6 is 0 Å². The fourth-order valence-corrected chi connectivity index (χ4v) is 5.95. The molecular weight excluding hydrogens is 632 g/mol. The minimum absolute atomic E-state index is 0.0143. The van der Waals surface area contributed by atoms with Crippen LogP contribution < -0.4 is 33.2 Å². The van der Waals surface area contributed by atoms with E-state index in [4.69, 9.17) is 37.6 Å². The first-order chi connectivity index (χ1) is 24.0. The van der Waals surface area contributed by atoms with Gasteiger partial charge in [-0.2, -0.15) is 0 Å². The van der Waals surface area contributed by atoms with E-state index >= 15 is 0 Å². The van der Waals surface area contributed by atoms with Gasteiger partial charge in [0.2, 0.25) is 17.5 Å². The number of carbonyl (C=O) groups is 1. The summed E-state index contributed by atoms with van der Waals surface area (Å²) >= 11 is 0. The Balaban J connectivity index is 1.04. The minimum atomic E-state index is -0.0143. The van der Waals surface area contributed by atoms with Crippen molar-refractivity contribution >= 4 is 17.8 Å². The van der Waals surface area contributed by atoms with Crippen molar-refractivity contribution < 1.29 is 42.4 Å². The van der Waals surface area contributed by atoms with Crippen LogP contribution in [-0.4, -0.2) is 88.6 Å². The lowest BCUT2D eigenvalue weighted by Crippen LogP contribution is -2.35. The predicted molar refractivity (Wildman–Crippen MR) is 181 cm³/mol. The lowest BCUT2D eigenvalue weighted by Gasteiger charge is -2.20. The lowest BCUT2D eigenvalue weighted by atomic mass is 10.1. The van der Waals surface area contributed by atoms with Crippen LogP contribution in [-0.2, 0) is 0 Å². The Kier molecular flexibility index (Phi) is 10.4. The summed E-state index contributed by atoms with van der Waals surface area (Å²) in [6.45, 7) is 1.69. The highest BCUT2D eigenvalue weighted by atomic mass is 16.5. The van der Waals surface area contributed by atoms with Crippen molar-refractivity contribution in [2.75, 3.05) is 55.3 Å². The molecule has 0 bridgehead atoms. The molecule has 3 aromatic carbocycles. The molecule has 6 rings (SSSR count). The Morgan fingerprint density at radius 2 is 1.35 bits per heavy atom. The number of benzene rings is 3. The van der Waals surface area contributed by atoms with Crippen LogP contribution in [0.4, 0.5) is 5.69 Å². The van der Waals surface area contributed by atoms with Crippen LogP contribution in [0.25, 0.3) is 22.9 Å². The Bertz CT molecular complexity index is 1800. The number of nitrogens with zero attached hydrogens (tertiary/aromatic N) is 4. The number of unbranched alkanes of at least 4 members (excludes halogenated alkanes) is 2. The van der Waals surface area contributed by atoms with Gasteiger partial charge in [-0.15, -0.1) is 10.2 Å². The molecule has 0 saturated carbocycles. The molecule has 49 heavy (non-hydrogen) atoms. The van der Waals surface area contributed by atoms with Gasteiger partial charge in [-0.05, 0) is 68.5 Å². The summed E-state index contributed by atoms with van der Waals surface area (Å²) in [5.74, 6) is 4.26. The van der Waals surface area contributed by atoms with E-state index in [1.54, 1.807) is 65.9 Å². The van der Waals surface area contributed by atoms with Crippen molar-refractivity contribution in [3.63, 3.8) is 0 Å². The molecule has 0 unspecified atom stereocenters. The van der Waals surface area contributed by atoms with Gasteiger partial charge in [0.1, 0.15) is 0 Å². The molecule has 0 radical (unpaired) electrons. The zero-order valence-electron chi connectivity index (χ0n) is 28.3. The number of hydrogen-bond donors (Lipinski definition) is 0. The van der Waals surface area contributed by atoms with Crippen LogP contribution in [0.3, 0.4) is 0 Å². The number of fused-ring (bicyclic) bond motifs is 2. The summed E-state index contributed by atoms with van der Waals surface area (Å²) in [5.41, 5.74) is 2.44. The molecule has 1 aromatic heterocycles. The molecule has 0 N–H and O–H groups in total. The smallest absolute Gasteiger partial charge is 0.256 e. The molecule has 1 amide bonds. The van der Waals surface area contributed by atoms with E-state index in [1.807, 2.05) is 23.2 Å². The summed E-state index contributed by atoms with van der Waals surface area (Å²) in [4.78, 5) is 19.6. The second kappa shape index (κ2) is 15.2. The van der Waals surface area contributed by atoms with Crippen molar-refractivity contribution in [1.29, 1.82) is 0 Å². The fraction of sp³-hybridized carbons (Fsp3) is 0.389. The van der Waals surface area contributed by atoms with E-state index < -0.39 is 0 Å². The third-order valence-electron chi connectivity index (χ3n) is 8.51. The highest BCUT2D eigenvalue weighted by Crippen LogP contribution is 2.42. The number of aromatic nitrogens is 2. The SMILES string of the molecule is COc1ccc(-c2nnc(-c3cc(OC)c(OC)c(OC)c3)o2)cc1OCCCCCOc1cc2c(cc1OC)C(=O)N1CCC[C@H]1C=N2. The van der Waals surface area contributed by atoms with Crippen LogP contribution in [0.1, 0.15) is 42.5 Å². The van der Waals surface area contributed by atoms with Crippen molar-refractivity contribution in [1.82, 2.24) is 15.1 Å². The molecule has 4 aromatic rings. The maximum atomic E-state index is 13.1. The molecule has 0 spiro atoms. The highest BCUT2D eigenvalue weighted by molar-refractivity contribution is 6.03. The number of carbonyl (C=O) groups excluding carboxylic acids is 1.